The molecule has 1 amide bonds. The van der Waals surface area contributed by atoms with E-state index in [1.54, 1.807) is 4.90 Å². The summed E-state index contributed by atoms with van der Waals surface area (Å²) < 4.78 is 5.46. The summed E-state index contributed by atoms with van der Waals surface area (Å²) in [6.45, 7) is 6.39. The highest BCUT2D eigenvalue weighted by Gasteiger charge is 2.27. The number of amides is 1. The van der Waals surface area contributed by atoms with Crippen molar-refractivity contribution in [3.8, 4) is 0 Å². The van der Waals surface area contributed by atoms with Crippen LogP contribution in [-0.2, 0) is 16.1 Å². The second-order valence-corrected chi connectivity index (χ2v) is 6.92. The van der Waals surface area contributed by atoms with E-state index in [0.29, 0.717) is 13.1 Å². The quantitative estimate of drug-likeness (QED) is 0.820. The molecule has 6 heteroatoms. The minimum atomic E-state index is -0.802. The molecule has 1 N–H and O–H groups in total. The fourth-order valence-corrected chi connectivity index (χ4v) is 3.21. The molecular weight excluding hydrogens is 320 g/mol. The van der Waals surface area contributed by atoms with E-state index in [-0.39, 0.29) is 31.2 Å². The third-order valence-electron chi connectivity index (χ3n) is 4.48. The average molecular weight is 348 g/mol. The number of carboxylic acids is 1. The minimum Gasteiger partial charge on any atom is -0.480 e. The Kier molecular flexibility index (Phi) is 7.25. The summed E-state index contributed by atoms with van der Waals surface area (Å²) in [7, 11) is 0. The molecular formula is C19H28N2O4. The highest BCUT2D eigenvalue weighted by atomic mass is 16.6. The summed E-state index contributed by atoms with van der Waals surface area (Å²) >= 11 is 0. The summed E-state index contributed by atoms with van der Waals surface area (Å²) in [5.74, 6) is -0.525. The van der Waals surface area contributed by atoms with Crippen LogP contribution >= 0.6 is 0 Å². The highest BCUT2D eigenvalue weighted by Crippen LogP contribution is 2.19. The smallest absolute Gasteiger partial charge is 0.410 e. The van der Waals surface area contributed by atoms with Gasteiger partial charge in [-0.05, 0) is 44.7 Å². The standard InChI is InChI=1S/C19H28N2O4/c1-15(2)21(19(24)25-14-16-7-4-3-5-8-16)12-17-9-6-10-20(11-17)13-18(22)23/h3-5,7-8,15,17H,6,9-14H2,1-2H3,(H,22,23)/t17-/m1/s1. The summed E-state index contributed by atoms with van der Waals surface area (Å²) in [5.41, 5.74) is 0.963. The van der Waals surface area contributed by atoms with E-state index < -0.39 is 5.97 Å². The lowest BCUT2D eigenvalue weighted by molar-refractivity contribution is -0.138. The lowest BCUT2D eigenvalue weighted by Gasteiger charge is -2.36. The predicted molar refractivity (Wildman–Crippen MR) is 95.3 cm³/mol. The fraction of sp³-hybridized carbons (Fsp3) is 0.579. The first-order valence-electron chi connectivity index (χ1n) is 8.87. The number of carboxylic acid groups (broad SMARTS) is 1. The fourth-order valence-electron chi connectivity index (χ4n) is 3.21. The second-order valence-electron chi connectivity index (χ2n) is 6.92. The maximum absolute atomic E-state index is 12.5. The zero-order valence-corrected chi connectivity index (χ0v) is 15.1. The van der Waals surface area contributed by atoms with Crippen LogP contribution in [-0.4, -0.2) is 59.2 Å². The molecule has 0 radical (unpaired) electrons. The zero-order valence-electron chi connectivity index (χ0n) is 15.1. The van der Waals surface area contributed by atoms with E-state index in [1.807, 2.05) is 49.1 Å². The van der Waals surface area contributed by atoms with Gasteiger partial charge in [0, 0.05) is 19.1 Å². The molecule has 6 nitrogen and oxygen atoms in total. The van der Waals surface area contributed by atoms with E-state index in [4.69, 9.17) is 9.84 Å². The molecule has 0 aliphatic carbocycles. The van der Waals surface area contributed by atoms with Gasteiger partial charge in [0.05, 0.1) is 6.54 Å². The maximum Gasteiger partial charge on any atom is 0.410 e. The van der Waals surface area contributed by atoms with Gasteiger partial charge in [-0.25, -0.2) is 4.79 Å². The maximum atomic E-state index is 12.5. The Labute approximate surface area is 149 Å². The van der Waals surface area contributed by atoms with Gasteiger partial charge < -0.3 is 14.7 Å². The molecule has 1 aliphatic rings. The van der Waals surface area contributed by atoms with Crippen molar-refractivity contribution in [2.24, 2.45) is 5.92 Å². The lowest BCUT2D eigenvalue weighted by Crippen LogP contribution is -2.46. The number of nitrogens with zero attached hydrogens (tertiary/aromatic N) is 2. The summed E-state index contributed by atoms with van der Waals surface area (Å²) in [6, 6.07) is 9.66. The van der Waals surface area contributed by atoms with Gasteiger partial charge in [0.2, 0.25) is 0 Å². The van der Waals surface area contributed by atoms with Crippen LogP contribution in [0.15, 0.2) is 30.3 Å². The van der Waals surface area contributed by atoms with Gasteiger partial charge in [0.1, 0.15) is 6.61 Å². The topological polar surface area (TPSA) is 70.1 Å². The van der Waals surface area contributed by atoms with Crippen molar-refractivity contribution in [3.05, 3.63) is 35.9 Å². The van der Waals surface area contributed by atoms with Crippen LogP contribution in [0.3, 0.4) is 0 Å². The van der Waals surface area contributed by atoms with Crippen LogP contribution in [0.4, 0.5) is 4.79 Å². The first-order valence-corrected chi connectivity index (χ1v) is 8.87. The molecule has 1 aromatic rings. The monoisotopic (exact) mass is 348 g/mol. The van der Waals surface area contributed by atoms with Gasteiger partial charge in [0.15, 0.2) is 0 Å². The minimum absolute atomic E-state index is 0.0399. The number of carbonyl (C=O) groups excluding carboxylic acids is 1. The Balaban J connectivity index is 1.88. The molecule has 1 saturated heterocycles. The molecule has 0 spiro atoms. The zero-order chi connectivity index (χ0) is 18.2. The molecule has 0 unspecified atom stereocenters. The summed E-state index contributed by atoms with van der Waals surface area (Å²) in [4.78, 5) is 27.1. The van der Waals surface area contributed by atoms with E-state index in [9.17, 15) is 9.59 Å². The van der Waals surface area contributed by atoms with Crippen molar-refractivity contribution in [2.75, 3.05) is 26.2 Å². The Morgan fingerprint density at radius 1 is 1.32 bits per heavy atom. The van der Waals surface area contributed by atoms with Gasteiger partial charge in [-0.1, -0.05) is 30.3 Å². The number of hydrogen-bond donors (Lipinski definition) is 1. The summed E-state index contributed by atoms with van der Waals surface area (Å²) in [5, 5.41) is 8.96. The van der Waals surface area contributed by atoms with Crippen LogP contribution in [0.2, 0.25) is 0 Å². The van der Waals surface area contributed by atoms with Crippen LogP contribution in [0.1, 0.15) is 32.3 Å². The molecule has 0 saturated carbocycles. The number of carbonyl (C=O) groups is 2. The Morgan fingerprint density at radius 3 is 2.68 bits per heavy atom. The van der Waals surface area contributed by atoms with Crippen LogP contribution < -0.4 is 0 Å². The molecule has 1 fully saturated rings. The number of aliphatic carboxylic acids is 1. The molecule has 138 valence electrons. The van der Waals surface area contributed by atoms with Crippen LogP contribution in [0.5, 0.6) is 0 Å². The molecule has 2 rings (SSSR count). The van der Waals surface area contributed by atoms with E-state index >= 15 is 0 Å². The SMILES string of the molecule is CC(C)N(C[C@@H]1CCCN(CC(=O)O)C1)C(=O)OCc1ccccc1. The number of hydrogen-bond acceptors (Lipinski definition) is 4. The molecule has 1 aromatic carbocycles. The van der Waals surface area contributed by atoms with Gasteiger partial charge in [0.25, 0.3) is 0 Å². The number of likely N-dealkylation sites (tertiary alicyclic amines) is 1. The summed E-state index contributed by atoms with van der Waals surface area (Å²) in [6.07, 6.45) is 1.66. The molecule has 0 bridgehead atoms. The van der Waals surface area contributed by atoms with Gasteiger partial charge in [-0.3, -0.25) is 9.69 Å². The Hall–Kier alpha value is -2.08. The van der Waals surface area contributed by atoms with E-state index in [2.05, 4.69) is 0 Å². The van der Waals surface area contributed by atoms with Crippen LogP contribution in [0.25, 0.3) is 0 Å². The van der Waals surface area contributed by atoms with Gasteiger partial charge in [-0.2, -0.15) is 0 Å². The largest absolute Gasteiger partial charge is 0.480 e. The number of piperidine rings is 1. The first kappa shape index (κ1) is 19.2. The van der Waals surface area contributed by atoms with Crippen molar-refractivity contribution in [3.63, 3.8) is 0 Å². The van der Waals surface area contributed by atoms with Crippen LogP contribution in [0, 0.1) is 5.92 Å². The van der Waals surface area contributed by atoms with Gasteiger partial charge in [-0.15, -0.1) is 0 Å². The molecule has 1 heterocycles. The number of benzene rings is 1. The molecule has 25 heavy (non-hydrogen) atoms. The number of ether oxygens (including phenoxy) is 1. The van der Waals surface area contributed by atoms with Crippen molar-refractivity contribution in [1.29, 1.82) is 0 Å². The Morgan fingerprint density at radius 2 is 2.04 bits per heavy atom. The van der Waals surface area contributed by atoms with Gasteiger partial charge >= 0.3 is 12.1 Å². The molecule has 0 aromatic heterocycles. The average Bonchev–Trinajstić information content (AvgIpc) is 2.58. The van der Waals surface area contributed by atoms with E-state index in [1.165, 1.54) is 0 Å². The Bertz CT molecular complexity index is 562. The first-order chi connectivity index (χ1) is 12.0. The second kappa shape index (κ2) is 9.42. The molecule has 1 aliphatic heterocycles. The lowest BCUT2D eigenvalue weighted by atomic mass is 9.97. The number of rotatable bonds is 7. The molecule has 1 atom stereocenters. The van der Waals surface area contributed by atoms with E-state index in [0.717, 1.165) is 24.9 Å². The van der Waals surface area contributed by atoms with Crippen molar-refractivity contribution in [2.45, 2.75) is 39.3 Å². The van der Waals surface area contributed by atoms with Crippen molar-refractivity contribution < 1.29 is 19.4 Å². The highest BCUT2D eigenvalue weighted by molar-refractivity contribution is 5.69. The third kappa shape index (κ3) is 6.38. The normalized spacial score (nSPS) is 18.1. The predicted octanol–water partition coefficient (Wildman–Crippen LogP) is 2.83. The van der Waals surface area contributed by atoms with Crippen molar-refractivity contribution >= 4 is 12.1 Å². The van der Waals surface area contributed by atoms with Crippen molar-refractivity contribution in [1.82, 2.24) is 9.80 Å². The third-order valence-corrected chi connectivity index (χ3v) is 4.48.